The maximum atomic E-state index is 15.2. The Bertz CT molecular complexity index is 3240. The van der Waals surface area contributed by atoms with Crippen molar-refractivity contribution in [3.05, 3.63) is 199 Å². The minimum absolute atomic E-state index is 0.111. The van der Waals surface area contributed by atoms with Crippen LogP contribution in [0.4, 0.5) is 0 Å². The number of imide groups is 1. The number of nitrogens with zero attached hydrogens (tertiary/aromatic N) is 1. The molecule has 0 saturated carbocycles. The predicted molar refractivity (Wildman–Crippen MR) is 293 cm³/mol. The van der Waals surface area contributed by atoms with Gasteiger partial charge < -0.3 is 56.9 Å². The van der Waals surface area contributed by atoms with E-state index in [2.05, 4.69) is 0 Å². The predicted octanol–water partition coefficient (Wildman–Crippen LogP) is 10.1. The van der Waals surface area contributed by atoms with Gasteiger partial charge in [0.25, 0.3) is 11.8 Å². The van der Waals surface area contributed by atoms with Crippen molar-refractivity contribution in [3.63, 3.8) is 0 Å². The maximum Gasteiger partial charge on any atom is 0.338 e. The van der Waals surface area contributed by atoms with Crippen LogP contribution < -0.4 is 9.47 Å². The number of esters is 3. The second kappa shape index (κ2) is 26.1. The van der Waals surface area contributed by atoms with Gasteiger partial charge in [-0.2, -0.15) is 0 Å². The third-order valence-electron chi connectivity index (χ3n) is 13.9. The van der Waals surface area contributed by atoms with Crippen molar-refractivity contribution in [1.82, 2.24) is 4.90 Å². The molecule has 4 heterocycles. The number of hydrogen-bond donors (Lipinski definition) is 0. The number of methoxy groups -OCH3 is 1. The van der Waals surface area contributed by atoms with Crippen LogP contribution in [0.15, 0.2) is 146 Å². The Balaban J connectivity index is 1.14. The molecule has 3 saturated heterocycles. The first-order valence-electron chi connectivity index (χ1n) is 25.8. The smallest absolute Gasteiger partial charge is 0.338 e. The van der Waals surface area contributed by atoms with Gasteiger partial charge in [0.1, 0.15) is 54.3 Å². The standard InChI is InChI=1S/C60H51Cl4NO17/c1-32(66)23-28-40(67)78-49-47(65-54(68)41-42(55(65)69)44(62)46(64)45(63)43(41)61)59(77-39-31-75-58(80-48(39)49)36-21-13-6-14-22-36)81-51-50(73-29-33-15-7-3-8-16-33)53(79-56(70)35-19-11-5-12-20-35)60(76-38-26-24-37(72-2)25-27-38)82-52(51)57(71)74-30-34-17-9-4-10-18-34/h3-22,24-27,39,47-53,58-60H,23,28-31H2,1-2H3/t39-,47-,48+,49-,50+,51+,52+,53-,58?,59+,60-/m1/s1. The van der Waals surface area contributed by atoms with Gasteiger partial charge in [-0.25, -0.2) is 9.59 Å². The third kappa shape index (κ3) is 12.7. The molecule has 426 valence electrons. The highest BCUT2D eigenvalue weighted by atomic mass is 35.5. The Kier molecular flexibility index (Phi) is 18.5. The van der Waals surface area contributed by atoms with Crippen molar-refractivity contribution in [2.24, 2.45) is 0 Å². The molecule has 11 atom stereocenters. The van der Waals surface area contributed by atoms with E-state index in [9.17, 15) is 14.4 Å². The molecule has 3 fully saturated rings. The number of fused-ring (bicyclic) bond motifs is 2. The molecule has 6 aromatic carbocycles. The van der Waals surface area contributed by atoms with E-state index in [-0.39, 0.29) is 53.4 Å². The summed E-state index contributed by atoms with van der Waals surface area (Å²) in [7, 11) is 1.49. The molecule has 2 amide bonds. The van der Waals surface area contributed by atoms with Crippen LogP contribution in [0.25, 0.3) is 0 Å². The van der Waals surface area contributed by atoms with Crippen molar-refractivity contribution in [2.45, 2.75) is 101 Å². The van der Waals surface area contributed by atoms with Crippen LogP contribution in [-0.2, 0) is 70.2 Å². The first-order valence-corrected chi connectivity index (χ1v) is 27.3. The minimum Gasteiger partial charge on any atom is -0.497 e. The number of hydrogen-bond acceptors (Lipinski definition) is 17. The van der Waals surface area contributed by atoms with Gasteiger partial charge in [-0.05, 0) is 54.4 Å². The summed E-state index contributed by atoms with van der Waals surface area (Å²) in [6.07, 6.45) is -17.0. The molecule has 22 heteroatoms. The lowest BCUT2D eigenvalue weighted by atomic mass is 9.93. The van der Waals surface area contributed by atoms with Gasteiger partial charge in [-0.3, -0.25) is 19.3 Å². The Morgan fingerprint density at radius 1 is 0.598 bits per heavy atom. The lowest BCUT2D eigenvalue weighted by molar-refractivity contribution is -0.372. The number of carbonyl (C=O) groups is 6. The fourth-order valence-corrected chi connectivity index (χ4v) is 10.8. The van der Waals surface area contributed by atoms with E-state index in [0.717, 1.165) is 0 Å². The Hall–Kier alpha value is -6.94. The summed E-state index contributed by atoms with van der Waals surface area (Å²) in [5, 5.41) is -1.54. The van der Waals surface area contributed by atoms with Crippen LogP contribution in [0.3, 0.4) is 0 Å². The molecule has 6 aromatic rings. The molecule has 4 aliphatic heterocycles. The Morgan fingerprint density at radius 3 is 1.77 bits per heavy atom. The molecule has 4 aliphatic rings. The number of ether oxygens (including phenoxy) is 11. The quantitative estimate of drug-likeness (QED) is 0.0243. The highest BCUT2D eigenvalue weighted by Gasteiger charge is 2.62. The van der Waals surface area contributed by atoms with Crippen LogP contribution >= 0.6 is 46.4 Å². The zero-order valence-corrected chi connectivity index (χ0v) is 46.7. The van der Waals surface area contributed by atoms with E-state index in [1.165, 1.54) is 26.2 Å². The summed E-state index contributed by atoms with van der Waals surface area (Å²) in [5.74, 6) is -4.78. The third-order valence-corrected chi connectivity index (χ3v) is 15.7. The molecule has 0 bridgehead atoms. The molecule has 18 nitrogen and oxygen atoms in total. The SMILES string of the molecule is COc1ccc(O[C@@H]2O[C@H](C(=O)OCc3ccccc3)[C@@H](O[C@@H]3O[C@@H]4COC(c5ccccc5)O[C@@H]4[C@H](OC(=O)CCC(C)=O)[C@H]3N3C(=O)c4c(Cl)c(Cl)c(Cl)c(Cl)c4C3=O)[C@H](OCc3ccccc3)[C@H]2OC(=O)c2ccccc2)cc1. The van der Waals surface area contributed by atoms with Crippen molar-refractivity contribution in [3.8, 4) is 11.5 Å². The second-order valence-electron chi connectivity index (χ2n) is 19.3. The number of benzene rings is 6. The van der Waals surface area contributed by atoms with Gasteiger partial charge in [0.2, 0.25) is 6.29 Å². The largest absolute Gasteiger partial charge is 0.497 e. The van der Waals surface area contributed by atoms with Gasteiger partial charge >= 0.3 is 17.9 Å². The topological polar surface area (TPSA) is 207 Å². The maximum absolute atomic E-state index is 15.2. The Labute approximate surface area is 490 Å². The van der Waals surface area contributed by atoms with Crippen molar-refractivity contribution in [2.75, 3.05) is 13.7 Å². The summed E-state index contributed by atoms with van der Waals surface area (Å²) < 4.78 is 70.8. The lowest BCUT2D eigenvalue weighted by Crippen LogP contribution is -2.71. The minimum atomic E-state index is -2.01. The van der Waals surface area contributed by atoms with E-state index < -0.39 is 125 Å². The molecular formula is C60H51Cl4NO17. The van der Waals surface area contributed by atoms with Gasteiger partial charge in [0, 0.05) is 12.0 Å². The number of Topliss-reactive ketones (excluding diaryl/α,β-unsaturated/α-hetero) is 1. The van der Waals surface area contributed by atoms with Gasteiger partial charge in [0.15, 0.2) is 30.9 Å². The lowest BCUT2D eigenvalue weighted by Gasteiger charge is -2.52. The molecule has 1 unspecified atom stereocenters. The van der Waals surface area contributed by atoms with Crippen LogP contribution in [-0.4, -0.2) is 115 Å². The molecule has 10 rings (SSSR count). The number of amides is 2. The molecule has 0 aliphatic carbocycles. The normalized spacial score (nSPS) is 24.9. The summed E-state index contributed by atoms with van der Waals surface area (Å²) in [6, 6.07) is 38.8. The molecule has 0 radical (unpaired) electrons. The molecular weight excluding hydrogens is 1150 g/mol. The van der Waals surface area contributed by atoms with Gasteiger partial charge in [-0.1, -0.05) is 156 Å². The fraction of sp³-hybridized carbons (Fsp3) is 0.300. The highest BCUT2D eigenvalue weighted by Crippen LogP contribution is 2.48. The van der Waals surface area contributed by atoms with Crippen LogP contribution in [0.2, 0.25) is 20.1 Å². The first kappa shape index (κ1) is 58.3. The molecule has 0 spiro atoms. The van der Waals surface area contributed by atoms with Crippen LogP contribution in [0.5, 0.6) is 11.5 Å². The molecule has 0 aromatic heterocycles. The van der Waals surface area contributed by atoms with Crippen LogP contribution in [0, 0.1) is 0 Å². The highest BCUT2D eigenvalue weighted by molar-refractivity contribution is 6.55. The summed E-state index contributed by atoms with van der Waals surface area (Å²) in [6.45, 7) is 0.513. The second-order valence-corrected chi connectivity index (χ2v) is 20.8. The fourth-order valence-electron chi connectivity index (χ4n) is 9.83. The summed E-state index contributed by atoms with van der Waals surface area (Å²) >= 11 is 26.5. The first-order chi connectivity index (χ1) is 39.7. The van der Waals surface area contributed by atoms with Crippen molar-refractivity contribution < 1.29 is 80.9 Å². The Morgan fingerprint density at radius 2 is 1.17 bits per heavy atom. The average molecular weight is 1200 g/mol. The van der Waals surface area contributed by atoms with E-state index in [4.69, 9.17) is 98.5 Å². The van der Waals surface area contributed by atoms with E-state index in [0.29, 0.717) is 27.3 Å². The number of ketones is 1. The number of rotatable bonds is 19. The molecule has 82 heavy (non-hydrogen) atoms. The van der Waals surface area contributed by atoms with E-state index in [1.807, 2.05) is 0 Å². The van der Waals surface area contributed by atoms with E-state index in [1.54, 1.807) is 133 Å². The van der Waals surface area contributed by atoms with Crippen molar-refractivity contribution >= 4 is 81.9 Å². The van der Waals surface area contributed by atoms with Gasteiger partial charge in [0.05, 0.1) is 63.5 Å². The summed E-state index contributed by atoms with van der Waals surface area (Å²) in [4.78, 5) is 87.2. The molecule has 0 N–H and O–H groups in total. The van der Waals surface area contributed by atoms with Gasteiger partial charge in [-0.15, -0.1) is 0 Å². The van der Waals surface area contributed by atoms with E-state index >= 15 is 14.4 Å². The number of carbonyl (C=O) groups excluding carboxylic acids is 6. The zero-order valence-electron chi connectivity index (χ0n) is 43.6. The summed E-state index contributed by atoms with van der Waals surface area (Å²) in [5.41, 5.74) is 0.945. The van der Waals surface area contributed by atoms with Crippen molar-refractivity contribution in [1.29, 1.82) is 0 Å². The van der Waals surface area contributed by atoms with Crippen LogP contribution in [0.1, 0.15) is 73.8 Å². The monoisotopic (exact) mass is 1200 g/mol. The average Bonchev–Trinajstić information content (AvgIpc) is 3.82. The number of halogens is 4. The zero-order chi connectivity index (χ0) is 57.6.